The molecule has 3 heterocycles. The molecule has 0 saturated carbocycles. The third-order valence-corrected chi connectivity index (χ3v) is 6.93. The van der Waals surface area contributed by atoms with Crippen LogP contribution in [0.15, 0.2) is 23.6 Å². The average molecular weight is 446 g/mol. The van der Waals surface area contributed by atoms with Crippen LogP contribution >= 0.6 is 22.7 Å². The number of rotatable bonds is 6. The van der Waals surface area contributed by atoms with Crippen molar-refractivity contribution in [3.05, 3.63) is 29.3 Å². The van der Waals surface area contributed by atoms with E-state index >= 15 is 0 Å². The number of amides is 2. The molecule has 8 nitrogen and oxygen atoms in total. The molecule has 158 valence electrons. The Morgan fingerprint density at radius 1 is 1.33 bits per heavy atom. The number of carbonyl (C=O) groups is 2. The Morgan fingerprint density at radius 2 is 2.20 bits per heavy atom. The Hall–Kier alpha value is -2.72. The summed E-state index contributed by atoms with van der Waals surface area (Å²) in [4.78, 5) is 35.6. The van der Waals surface area contributed by atoms with Gasteiger partial charge < -0.3 is 20.3 Å². The highest BCUT2D eigenvalue weighted by molar-refractivity contribution is 7.22. The predicted octanol–water partition coefficient (Wildman–Crippen LogP) is 2.91. The van der Waals surface area contributed by atoms with Gasteiger partial charge in [0, 0.05) is 25.5 Å². The quantitative estimate of drug-likeness (QED) is 0.606. The molecule has 1 unspecified atom stereocenters. The summed E-state index contributed by atoms with van der Waals surface area (Å²) in [6.07, 6.45) is 1.97. The molecule has 10 heteroatoms. The van der Waals surface area contributed by atoms with Crippen molar-refractivity contribution in [1.29, 1.82) is 0 Å². The van der Waals surface area contributed by atoms with Gasteiger partial charge in [0.1, 0.15) is 5.75 Å². The molecule has 2 aromatic heterocycles. The normalized spacial score (nSPS) is 16.5. The molecule has 0 radical (unpaired) electrons. The Balaban J connectivity index is 1.41. The van der Waals surface area contributed by atoms with Gasteiger partial charge in [-0.15, -0.1) is 11.3 Å². The first-order valence-corrected chi connectivity index (χ1v) is 11.4. The third kappa shape index (κ3) is 4.54. The highest BCUT2D eigenvalue weighted by Gasteiger charge is 2.28. The van der Waals surface area contributed by atoms with Crippen LogP contribution in [0.1, 0.15) is 18.5 Å². The number of likely N-dealkylation sites (N-methyl/N-ethyl adjacent to an activating group) is 1. The zero-order valence-electron chi connectivity index (χ0n) is 16.8. The van der Waals surface area contributed by atoms with Crippen LogP contribution in [-0.2, 0) is 16.0 Å². The van der Waals surface area contributed by atoms with Crippen LogP contribution in [-0.4, -0.2) is 49.0 Å². The maximum atomic E-state index is 12.8. The number of ether oxygens (including phenoxy) is 1. The first-order valence-electron chi connectivity index (χ1n) is 9.71. The van der Waals surface area contributed by atoms with Gasteiger partial charge in [0.25, 0.3) is 0 Å². The van der Waals surface area contributed by atoms with Crippen molar-refractivity contribution < 1.29 is 14.3 Å². The van der Waals surface area contributed by atoms with E-state index in [-0.39, 0.29) is 24.2 Å². The lowest BCUT2D eigenvalue weighted by Gasteiger charge is -2.31. The molecule has 2 N–H and O–H groups in total. The third-order valence-electron chi connectivity index (χ3n) is 5.05. The molecule has 3 aromatic rings. The number of carbonyl (C=O) groups excluding carboxylic acids is 2. The fraction of sp³-hybridized carbons (Fsp3) is 0.400. The second kappa shape index (κ2) is 8.97. The standard InChI is InChI=1S/C20H23N5O3S2/c1-21-17(26)8-13-11-29-19(22-13)24-18(27)12-4-3-7-25(10-12)20-23-15-6-5-14(28-2)9-16(15)30-20/h5-6,9,11-12H,3-4,7-8,10H2,1-2H3,(H,21,26)(H,22,24,27). The maximum Gasteiger partial charge on any atom is 0.231 e. The van der Waals surface area contributed by atoms with E-state index in [0.29, 0.717) is 17.4 Å². The molecule has 1 saturated heterocycles. The lowest BCUT2D eigenvalue weighted by Crippen LogP contribution is -2.40. The van der Waals surface area contributed by atoms with Crippen LogP contribution in [0.2, 0.25) is 0 Å². The number of hydrogen-bond donors (Lipinski definition) is 2. The average Bonchev–Trinajstić information content (AvgIpc) is 3.39. The number of anilines is 2. The van der Waals surface area contributed by atoms with Gasteiger partial charge in [-0.1, -0.05) is 11.3 Å². The minimum atomic E-state index is -0.133. The molecule has 0 bridgehead atoms. The number of thiazole rings is 2. The van der Waals surface area contributed by atoms with Crippen LogP contribution in [0.3, 0.4) is 0 Å². The number of benzene rings is 1. The number of methoxy groups -OCH3 is 1. The van der Waals surface area contributed by atoms with E-state index in [4.69, 9.17) is 9.72 Å². The van der Waals surface area contributed by atoms with Crippen molar-refractivity contribution in [3.8, 4) is 5.75 Å². The molecule has 0 aliphatic carbocycles. The largest absolute Gasteiger partial charge is 0.497 e. The molecule has 2 amide bonds. The van der Waals surface area contributed by atoms with Crippen LogP contribution in [0.5, 0.6) is 5.75 Å². The fourth-order valence-corrected chi connectivity index (χ4v) is 5.17. The summed E-state index contributed by atoms with van der Waals surface area (Å²) in [5.74, 6) is 0.539. The summed E-state index contributed by atoms with van der Waals surface area (Å²) in [6, 6.07) is 5.86. The number of piperidine rings is 1. The summed E-state index contributed by atoms with van der Waals surface area (Å²) in [7, 11) is 3.25. The fourth-order valence-electron chi connectivity index (χ4n) is 3.43. The Bertz CT molecular complexity index is 1060. The van der Waals surface area contributed by atoms with Gasteiger partial charge in [-0.05, 0) is 31.0 Å². The minimum Gasteiger partial charge on any atom is -0.497 e. The minimum absolute atomic E-state index is 0.0386. The van der Waals surface area contributed by atoms with E-state index in [1.807, 2.05) is 18.2 Å². The van der Waals surface area contributed by atoms with Crippen molar-refractivity contribution in [1.82, 2.24) is 15.3 Å². The summed E-state index contributed by atoms with van der Waals surface area (Å²) >= 11 is 2.96. The van der Waals surface area contributed by atoms with Crippen LogP contribution < -0.4 is 20.3 Å². The summed E-state index contributed by atoms with van der Waals surface area (Å²) in [5, 5.41) is 8.74. The molecule has 0 spiro atoms. The van der Waals surface area contributed by atoms with E-state index in [2.05, 4.69) is 20.5 Å². The smallest absolute Gasteiger partial charge is 0.231 e. The second-order valence-corrected chi connectivity index (χ2v) is 8.97. The van der Waals surface area contributed by atoms with E-state index in [9.17, 15) is 9.59 Å². The van der Waals surface area contributed by atoms with Gasteiger partial charge in [-0.2, -0.15) is 0 Å². The van der Waals surface area contributed by atoms with Crippen LogP contribution in [0.25, 0.3) is 10.2 Å². The molecule has 1 fully saturated rings. The van der Waals surface area contributed by atoms with E-state index in [0.717, 1.165) is 40.5 Å². The summed E-state index contributed by atoms with van der Waals surface area (Å²) < 4.78 is 6.37. The van der Waals surface area contributed by atoms with Crippen molar-refractivity contribution in [3.63, 3.8) is 0 Å². The molecule has 1 aliphatic rings. The first kappa shape index (κ1) is 20.5. The zero-order chi connectivity index (χ0) is 21.1. The Morgan fingerprint density at radius 3 is 3.00 bits per heavy atom. The lowest BCUT2D eigenvalue weighted by molar-refractivity contribution is -0.120. The van der Waals surface area contributed by atoms with Gasteiger partial charge in [0.15, 0.2) is 10.3 Å². The van der Waals surface area contributed by atoms with E-state index in [1.54, 1.807) is 30.9 Å². The Kier molecular flexibility index (Phi) is 6.14. The molecule has 4 rings (SSSR count). The second-order valence-electron chi connectivity index (χ2n) is 7.10. The highest BCUT2D eigenvalue weighted by Crippen LogP contribution is 2.33. The number of nitrogens with one attached hydrogen (secondary N) is 2. The van der Waals surface area contributed by atoms with Crippen molar-refractivity contribution in [2.45, 2.75) is 19.3 Å². The Labute approximate surface area is 182 Å². The molecular weight excluding hydrogens is 422 g/mol. The van der Waals surface area contributed by atoms with Crippen molar-refractivity contribution in [2.24, 2.45) is 5.92 Å². The van der Waals surface area contributed by atoms with Gasteiger partial charge in [-0.25, -0.2) is 9.97 Å². The van der Waals surface area contributed by atoms with Gasteiger partial charge in [-0.3, -0.25) is 9.59 Å². The first-order chi connectivity index (χ1) is 14.6. The van der Waals surface area contributed by atoms with Gasteiger partial charge >= 0.3 is 0 Å². The van der Waals surface area contributed by atoms with Crippen LogP contribution in [0, 0.1) is 5.92 Å². The van der Waals surface area contributed by atoms with E-state index in [1.165, 1.54) is 11.3 Å². The topological polar surface area (TPSA) is 96.5 Å². The molecule has 1 atom stereocenters. The predicted molar refractivity (Wildman–Crippen MR) is 120 cm³/mol. The molecule has 30 heavy (non-hydrogen) atoms. The number of fused-ring (bicyclic) bond motifs is 1. The maximum absolute atomic E-state index is 12.8. The zero-order valence-corrected chi connectivity index (χ0v) is 18.4. The van der Waals surface area contributed by atoms with Gasteiger partial charge in [0.2, 0.25) is 11.8 Å². The lowest BCUT2D eigenvalue weighted by atomic mass is 9.97. The van der Waals surface area contributed by atoms with Crippen LogP contribution in [0.4, 0.5) is 10.3 Å². The number of nitrogens with zero attached hydrogens (tertiary/aromatic N) is 3. The summed E-state index contributed by atoms with van der Waals surface area (Å²) in [6.45, 7) is 1.51. The molecule has 1 aromatic carbocycles. The summed E-state index contributed by atoms with van der Waals surface area (Å²) in [5.41, 5.74) is 1.60. The number of aromatic nitrogens is 2. The number of hydrogen-bond acceptors (Lipinski definition) is 8. The molecule has 1 aliphatic heterocycles. The van der Waals surface area contributed by atoms with E-state index < -0.39 is 0 Å². The highest BCUT2D eigenvalue weighted by atomic mass is 32.1. The van der Waals surface area contributed by atoms with Crippen molar-refractivity contribution in [2.75, 3.05) is 37.5 Å². The molecular formula is C20H23N5O3S2. The SMILES string of the molecule is CNC(=O)Cc1csc(NC(=O)C2CCCN(c3nc4ccc(OC)cc4s3)C2)n1. The van der Waals surface area contributed by atoms with Gasteiger partial charge in [0.05, 0.1) is 35.4 Å². The van der Waals surface area contributed by atoms with Crippen molar-refractivity contribution >= 4 is 55.0 Å². The monoisotopic (exact) mass is 445 g/mol.